The monoisotopic (exact) mass is 402 g/mol. The first-order valence-electron chi connectivity index (χ1n) is 8.98. The molecule has 0 aliphatic carbocycles. The molecule has 0 spiro atoms. The van der Waals surface area contributed by atoms with E-state index in [-0.39, 0.29) is 17.7 Å². The van der Waals surface area contributed by atoms with Crippen LogP contribution < -0.4 is 10.2 Å². The van der Waals surface area contributed by atoms with Crippen molar-refractivity contribution in [3.05, 3.63) is 66.1 Å². The van der Waals surface area contributed by atoms with Crippen molar-refractivity contribution in [3.63, 3.8) is 0 Å². The number of anilines is 1. The molecule has 0 unspecified atom stereocenters. The minimum Gasteiger partial charge on any atom is -0.413 e. The average Bonchev–Trinajstić information content (AvgIpc) is 3.17. The molecule has 2 heterocycles. The van der Waals surface area contributed by atoms with Gasteiger partial charge in [-0.15, -0.1) is 10.2 Å². The predicted molar refractivity (Wildman–Crippen MR) is 98.7 cm³/mol. The first kappa shape index (κ1) is 19.0. The molecule has 1 aliphatic heterocycles. The van der Waals surface area contributed by atoms with Crippen LogP contribution in [0.15, 0.2) is 59.0 Å². The van der Waals surface area contributed by atoms with Gasteiger partial charge in [0.1, 0.15) is 0 Å². The second-order valence-corrected chi connectivity index (χ2v) is 6.76. The summed E-state index contributed by atoms with van der Waals surface area (Å²) in [4.78, 5) is 14.4. The van der Waals surface area contributed by atoms with Crippen LogP contribution in [0.5, 0.6) is 0 Å². The van der Waals surface area contributed by atoms with Crippen molar-refractivity contribution in [2.75, 3.05) is 18.0 Å². The van der Waals surface area contributed by atoms with Crippen molar-refractivity contribution in [1.82, 2.24) is 15.5 Å². The molecular weight excluding hydrogens is 385 g/mol. The van der Waals surface area contributed by atoms with E-state index in [1.165, 1.54) is 0 Å². The van der Waals surface area contributed by atoms with E-state index in [1.54, 1.807) is 24.3 Å². The Balaban J connectivity index is 1.28. The van der Waals surface area contributed by atoms with Crippen LogP contribution in [0.2, 0.25) is 0 Å². The summed E-state index contributed by atoms with van der Waals surface area (Å²) >= 11 is 0. The highest BCUT2D eigenvalue weighted by molar-refractivity contribution is 5.82. The molecule has 29 heavy (non-hydrogen) atoms. The van der Waals surface area contributed by atoms with Gasteiger partial charge in [0.25, 0.3) is 0 Å². The lowest BCUT2D eigenvalue weighted by molar-refractivity contribution is -0.157. The van der Waals surface area contributed by atoms with E-state index in [0.717, 1.165) is 11.3 Å². The number of benzene rings is 2. The normalized spacial score (nSPS) is 14.5. The Morgan fingerprint density at radius 3 is 2.38 bits per heavy atom. The number of rotatable bonds is 5. The van der Waals surface area contributed by atoms with Gasteiger partial charge in [-0.05, 0) is 29.8 Å². The summed E-state index contributed by atoms with van der Waals surface area (Å²) in [7, 11) is 0. The molecule has 0 atom stereocenters. The van der Waals surface area contributed by atoms with Crippen LogP contribution >= 0.6 is 0 Å². The van der Waals surface area contributed by atoms with Crippen LogP contribution in [0.25, 0.3) is 11.5 Å². The zero-order chi connectivity index (χ0) is 20.4. The van der Waals surface area contributed by atoms with Crippen molar-refractivity contribution in [2.24, 2.45) is 5.92 Å². The number of carbonyl (C=O) groups is 1. The predicted octanol–water partition coefficient (Wildman–Crippen LogP) is 3.51. The fourth-order valence-corrected chi connectivity index (χ4v) is 3.05. The lowest BCUT2D eigenvalue weighted by Crippen LogP contribution is -2.53. The lowest BCUT2D eigenvalue weighted by atomic mass is 9.98. The fourth-order valence-electron chi connectivity index (χ4n) is 3.05. The van der Waals surface area contributed by atoms with E-state index in [9.17, 15) is 18.0 Å². The smallest absolute Gasteiger partial charge is 0.413 e. The van der Waals surface area contributed by atoms with E-state index >= 15 is 0 Å². The zero-order valence-corrected chi connectivity index (χ0v) is 15.2. The first-order valence-corrected chi connectivity index (χ1v) is 8.98. The molecular formula is C20H17F3N4O2. The third-order valence-corrected chi connectivity index (χ3v) is 4.71. The molecule has 1 fully saturated rings. The van der Waals surface area contributed by atoms with Crippen LogP contribution in [0, 0.1) is 5.92 Å². The third-order valence-electron chi connectivity index (χ3n) is 4.71. The molecule has 1 aromatic heterocycles. The molecule has 150 valence electrons. The van der Waals surface area contributed by atoms with Gasteiger partial charge in [-0.1, -0.05) is 30.3 Å². The third kappa shape index (κ3) is 4.23. The maximum Gasteiger partial charge on any atom is 0.470 e. The van der Waals surface area contributed by atoms with Gasteiger partial charge in [0.15, 0.2) is 0 Å². The Morgan fingerprint density at radius 1 is 1.07 bits per heavy atom. The maximum atomic E-state index is 12.5. The van der Waals surface area contributed by atoms with Crippen LogP contribution in [0.3, 0.4) is 0 Å². The highest BCUT2D eigenvalue weighted by atomic mass is 19.4. The molecule has 9 heteroatoms. The number of amides is 1. The summed E-state index contributed by atoms with van der Waals surface area (Å²) in [6.45, 7) is 1.68. The van der Waals surface area contributed by atoms with Gasteiger partial charge in [-0.3, -0.25) is 4.79 Å². The van der Waals surface area contributed by atoms with E-state index in [1.807, 2.05) is 30.3 Å². The molecule has 2 aromatic carbocycles. The summed E-state index contributed by atoms with van der Waals surface area (Å²) in [5.41, 5.74) is 2.29. The number of hydrogen-bond acceptors (Lipinski definition) is 5. The molecule has 3 aromatic rings. The highest BCUT2D eigenvalue weighted by Crippen LogP contribution is 2.30. The zero-order valence-electron chi connectivity index (χ0n) is 15.2. The molecule has 1 amide bonds. The molecule has 0 saturated carbocycles. The Labute approximate surface area is 164 Å². The Hall–Kier alpha value is -3.36. The lowest BCUT2D eigenvalue weighted by Gasteiger charge is -2.40. The maximum absolute atomic E-state index is 12.5. The van der Waals surface area contributed by atoms with Gasteiger partial charge in [-0.2, -0.15) is 13.2 Å². The number of nitrogens with one attached hydrogen (secondary N) is 1. The van der Waals surface area contributed by atoms with Gasteiger partial charge < -0.3 is 14.6 Å². The summed E-state index contributed by atoms with van der Waals surface area (Å²) < 4.78 is 42.3. The largest absolute Gasteiger partial charge is 0.470 e. The molecule has 4 rings (SSSR count). The van der Waals surface area contributed by atoms with Crippen LogP contribution in [0.1, 0.15) is 11.5 Å². The Morgan fingerprint density at radius 2 is 1.76 bits per heavy atom. The summed E-state index contributed by atoms with van der Waals surface area (Å²) in [5.74, 6) is -1.67. The number of aromatic nitrogens is 2. The second kappa shape index (κ2) is 7.57. The first-order chi connectivity index (χ1) is 13.9. The molecule has 0 radical (unpaired) electrons. The van der Waals surface area contributed by atoms with Crippen LogP contribution in [-0.2, 0) is 17.5 Å². The van der Waals surface area contributed by atoms with E-state index in [4.69, 9.17) is 0 Å². The van der Waals surface area contributed by atoms with Crippen molar-refractivity contribution in [3.8, 4) is 11.5 Å². The summed E-state index contributed by atoms with van der Waals surface area (Å²) in [6, 6.07) is 16.5. The number of alkyl halides is 3. The summed E-state index contributed by atoms with van der Waals surface area (Å²) in [5, 5.41) is 9.32. The van der Waals surface area contributed by atoms with Crippen molar-refractivity contribution in [1.29, 1.82) is 0 Å². The van der Waals surface area contributed by atoms with Gasteiger partial charge in [0.05, 0.1) is 5.92 Å². The molecule has 1 saturated heterocycles. The molecule has 6 nitrogen and oxygen atoms in total. The van der Waals surface area contributed by atoms with E-state index in [2.05, 4.69) is 24.8 Å². The number of para-hydroxylation sites is 1. The minimum absolute atomic E-state index is 0.0204. The minimum atomic E-state index is -4.67. The number of nitrogens with zero attached hydrogens (tertiary/aromatic N) is 3. The van der Waals surface area contributed by atoms with Crippen LogP contribution in [0.4, 0.5) is 18.9 Å². The van der Waals surface area contributed by atoms with Gasteiger partial charge >= 0.3 is 12.1 Å². The number of carbonyl (C=O) groups excluding carboxylic acids is 1. The van der Waals surface area contributed by atoms with E-state index in [0.29, 0.717) is 25.2 Å². The SMILES string of the molecule is O=C(NCc1ccc(-c2nnc(C(F)(F)F)o2)cc1)C1CN(c2ccccc2)C1. The topological polar surface area (TPSA) is 71.3 Å². The van der Waals surface area contributed by atoms with Crippen molar-refractivity contribution >= 4 is 11.6 Å². The standard InChI is InChI=1S/C20H17F3N4O2/c21-20(22,23)19-26-25-18(29-19)14-8-6-13(7-9-14)10-24-17(28)15-11-27(12-15)16-4-2-1-3-5-16/h1-9,15H,10-12H2,(H,24,28). The Kier molecular flexibility index (Phi) is 4.96. The van der Waals surface area contributed by atoms with E-state index < -0.39 is 12.1 Å². The Bertz CT molecular complexity index is 981. The average molecular weight is 402 g/mol. The van der Waals surface area contributed by atoms with Crippen molar-refractivity contribution < 1.29 is 22.4 Å². The van der Waals surface area contributed by atoms with Gasteiger partial charge in [0.2, 0.25) is 11.8 Å². The summed E-state index contributed by atoms with van der Waals surface area (Å²) in [6.07, 6.45) is -4.67. The second-order valence-electron chi connectivity index (χ2n) is 6.76. The highest BCUT2D eigenvalue weighted by Gasteiger charge is 2.38. The van der Waals surface area contributed by atoms with Gasteiger partial charge in [0, 0.05) is 30.9 Å². The fraction of sp³-hybridized carbons (Fsp3) is 0.250. The molecule has 0 bridgehead atoms. The number of halogens is 3. The molecule has 1 N–H and O–H groups in total. The van der Waals surface area contributed by atoms with Gasteiger partial charge in [-0.25, -0.2) is 0 Å². The molecule has 1 aliphatic rings. The van der Waals surface area contributed by atoms with Crippen LogP contribution in [-0.4, -0.2) is 29.2 Å². The quantitative estimate of drug-likeness (QED) is 0.707. The number of hydrogen-bond donors (Lipinski definition) is 1. The van der Waals surface area contributed by atoms with Crippen molar-refractivity contribution in [2.45, 2.75) is 12.7 Å².